The molecule has 3 N–H and O–H groups in total. The van der Waals surface area contributed by atoms with E-state index in [1.165, 1.54) is 12.1 Å². The summed E-state index contributed by atoms with van der Waals surface area (Å²) >= 11 is 0. The number of nitrogens with two attached hydrogens (primary N) is 1. The molecule has 4 heteroatoms. The lowest BCUT2D eigenvalue weighted by Gasteiger charge is -2.31. The van der Waals surface area contributed by atoms with Crippen LogP contribution >= 0.6 is 0 Å². The number of amides is 1. The van der Waals surface area contributed by atoms with Gasteiger partial charge in [-0.25, -0.2) is 0 Å². The highest BCUT2D eigenvalue weighted by molar-refractivity contribution is 5.86. The van der Waals surface area contributed by atoms with Gasteiger partial charge in [-0.1, -0.05) is 37.5 Å². The monoisotopic (exact) mass is 289 g/mol. The lowest BCUT2D eigenvalue weighted by atomic mass is 9.82. The quantitative estimate of drug-likeness (QED) is 0.790. The first kappa shape index (κ1) is 15.8. The van der Waals surface area contributed by atoms with Crippen LogP contribution in [0.25, 0.3) is 0 Å². The average molecular weight is 289 g/mol. The van der Waals surface area contributed by atoms with Crippen molar-refractivity contribution in [1.29, 1.82) is 0 Å². The van der Waals surface area contributed by atoms with Gasteiger partial charge >= 0.3 is 0 Å². The van der Waals surface area contributed by atoms with Crippen molar-refractivity contribution in [3.63, 3.8) is 0 Å². The van der Waals surface area contributed by atoms with Crippen LogP contribution in [0.3, 0.4) is 0 Å². The number of anilines is 1. The molecule has 0 radical (unpaired) electrons. The molecule has 21 heavy (non-hydrogen) atoms. The lowest BCUT2D eigenvalue weighted by molar-refractivity contribution is -0.127. The van der Waals surface area contributed by atoms with E-state index >= 15 is 0 Å². The van der Waals surface area contributed by atoms with Gasteiger partial charge < -0.3 is 16.0 Å². The van der Waals surface area contributed by atoms with Gasteiger partial charge in [0.05, 0.1) is 5.54 Å². The second kappa shape index (κ2) is 7.46. The second-order valence-electron chi connectivity index (χ2n) is 6.08. The third kappa shape index (κ3) is 4.46. The summed E-state index contributed by atoms with van der Waals surface area (Å²) in [6, 6.07) is 10.3. The van der Waals surface area contributed by atoms with Crippen LogP contribution in [0.4, 0.5) is 5.69 Å². The Kier molecular flexibility index (Phi) is 5.62. The Balaban J connectivity index is 1.68. The maximum atomic E-state index is 12.2. The second-order valence-corrected chi connectivity index (χ2v) is 6.08. The van der Waals surface area contributed by atoms with E-state index in [-0.39, 0.29) is 5.91 Å². The number of rotatable bonds is 6. The molecular weight excluding hydrogens is 262 g/mol. The zero-order chi connectivity index (χ0) is 15.1. The summed E-state index contributed by atoms with van der Waals surface area (Å²) < 4.78 is 0. The largest absolute Gasteiger partial charge is 0.375 e. The van der Waals surface area contributed by atoms with E-state index in [4.69, 9.17) is 5.73 Å². The van der Waals surface area contributed by atoms with Crippen molar-refractivity contribution in [2.24, 2.45) is 5.73 Å². The van der Waals surface area contributed by atoms with Gasteiger partial charge in [-0.05, 0) is 31.4 Å². The van der Waals surface area contributed by atoms with Crippen molar-refractivity contribution in [2.45, 2.75) is 44.1 Å². The zero-order valence-electron chi connectivity index (χ0n) is 13.0. The molecule has 1 saturated carbocycles. The van der Waals surface area contributed by atoms with Gasteiger partial charge in [0.25, 0.3) is 0 Å². The highest BCUT2D eigenvalue weighted by Crippen LogP contribution is 2.25. The number of nitrogens with zero attached hydrogens (tertiary/aromatic N) is 1. The number of hydrogen-bond donors (Lipinski definition) is 2. The zero-order valence-corrected chi connectivity index (χ0v) is 13.0. The number of carbonyl (C=O) groups is 1. The SMILES string of the molecule is CN(CCCNC(=O)C1(N)CCCCC1)c1ccccc1. The smallest absolute Gasteiger partial charge is 0.240 e. The highest BCUT2D eigenvalue weighted by Gasteiger charge is 2.34. The van der Waals surface area contributed by atoms with E-state index in [9.17, 15) is 4.79 Å². The molecule has 0 aliphatic heterocycles. The van der Waals surface area contributed by atoms with Crippen molar-refractivity contribution in [3.8, 4) is 0 Å². The minimum Gasteiger partial charge on any atom is -0.375 e. The fourth-order valence-electron chi connectivity index (χ4n) is 2.92. The van der Waals surface area contributed by atoms with Gasteiger partial charge in [-0.2, -0.15) is 0 Å². The number of para-hydroxylation sites is 1. The number of benzene rings is 1. The predicted octanol–water partition coefficient (Wildman–Crippen LogP) is 2.29. The molecule has 0 atom stereocenters. The maximum Gasteiger partial charge on any atom is 0.240 e. The van der Waals surface area contributed by atoms with Gasteiger partial charge in [0.15, 0.2) is 0 Å². The van der Waals surface area contributed by atoms with E-state index in [1.807, 2.05) is 18.2 Å². The lowest BCUT2D eigenvalue weighted by Crippen LogP contribution is -2.55. The van der Waals surface area contributed by atoms with Crippen LogP contribution < -0.4 is 16.0 Å². The molecule has 0 saturated heterocycles. The van der Waals surface area contributed by atoms with Gasteiger partial charge in [0.2, 0.25) is 5.91 Å². The van der Waals surface area contributed by atoms with E-state index in [0.29, 0.717) is 6.54 Å². The molecule has 2 rings (SSSR count). The molecule has 1 aliphatic carbocycles. The Hall–Kier alpha value is -1.55. The molecule has 1 amide bonds. The summed E-state index contributed by atoms with van der Waals surface area (Å²) in [5, 5.41) is 3.01. The Labute approximate surface area is 127 Å². The van der Waals surface area contributed by atoms with Crippen LogP contribution in [0, 0.1) is 0 Å². The topological polar surface area (TPSA) is 58.4 Å². The van der Waals surface area contributed by atoms with E-state index in [1.54, 1.807) is 0 Å². The minimum absolute atomic E-state index is 0.0320. The number of hydrogen-bond acceptors (Lipinski definition) is 3. The van der Waals surface area contributed by atoms with Crippen LogP contribution in [0.1, 0.15) is 38.5 Å². The number of carbonyl (C=O) groups excluding carboxylic acids is 1. The highest BCUT2D eigenvalue weighted by atomic mass is 16.2. The summed E-state index contributed by atoms with van der Waals surface area (Å²) in [7, 11) is 2.07. The Bertz CT molecular complexity index is 441. The van der Waals surface area contributed by atoms with Crippen LogP contribution in [0.2, 0.25) is 0 Å². The van der Waals surface area contributed by atoms with Crippen LogP contribution in [0.15, 0.2) is 30.3 Å². The Morgan fingerprint density at radius 1 is 1.24 bits per heavy atom. The summed E-state index contributed by atoms with van der Waals surface area (Å²) in [5.74, 6) is 0.0320. The fourth-order valence-corrected chi connectivity index (χ4v) is 2.92. The first-order chi connectivity index (χ1) is 10.1. The Morgan fingerprint density at radius 3 is 2.57 bits per heavy atom. The molecule has 0 aromatic heterocycles. The molecule has 116 valence electrons. The first-order valence-corrected chi connectivity index (χ1v) is 7.95. The van der Waals surface area contributed by atoms with Gasteiger partial charge in [0, 0.05) is 25.8 Å². The average Bonchev–Trinajstić information content (AvgIpc) is 2.52. The predicted molar refractivity (Wildman–Crippen MR) is 87.3 cm³/mol. The van der Waals surface area contributed by atoms with Crippen LogP contribution in [-0.4, -0.2) is 31.6 Å². The molecule has 1 fully saturated rings. The van der Waals surface area contributed by atoms with E-state index < -0.39 is 5.54 Å². The third-order valence-electron chi connectivity index (χ3n) is 4.35. The molecule has 1 aromatic carbocycles. The number of nitrogens with one attached hydrogen (secondary N) is 1. The summed E-state index contributed by atoms with van der Waals surface area (Å²) in [6.45, 7) is 1.61. The molecule has 0 spiro atoms. The summed E-state index contributed by atoms with van der Waals surface area (Å²) in [5.41, 5.74) is 6.79. The van der Waals surface area contributed by atoms with Gasteiger partial charge in [-0.3, -0.25) is 4.79 Å². The summed E-state index contributed by atoms with van der Waals surface area (Å²) in [6.07, 6.45) is 5.91. The fraction of sp³-hybridized carbons (Fsp3) is 0.588. The van der Waals surface area contributed by atoms with Crippen molar-refractivity contribution in [1.82, 2.24) is 5.32 Å². The Morgan fingerprint density at radius 2 is 1.90 bits per heavy atom. The molecule has 4 nitrogen and oxygen atoms in total. The van der Waals surface area contributed by atoms with Crippen molar-refractivity contribution in [3.05, 3.63) is 30.3 Å². The van der Waals surface area contributed by atoms with Gasteiger partial charge in [0.1, 0.15) is 0 Å². The third-order valence-corrected chi connectivity index (χ3v) is 4.35. The first-order valence-electron chi connectivity index (χ1n) is 7.95. The van der Waals surface area contributed by atoms with Crippen molar-refractivity contribution < 1.29 is 4.79 Å². The van der Waals surface area contributed by atoms with Crippen LogP contribution in [-0.2, 0) is 4.79 Å². The molecule has 1 aliphatic rings. The molecular formula is C17H27N3O. The molecule has 0 bridgehead atoms. The normalized spacial score (nSPS) is 17.2. The molecule has 0 heterocycles. The van der Waals surface area contributed by atoms with Crippen LogP contribution in [0.5, 0.6) is 0 Å². The molecule has 0 unspecified atom stereocenters. The maximum absolute atomic E-state index is 12.2. The molecule has 1 aromatic rings. The standard InChI is InChI=1S/C17H27N3O/c1-20(15-9-4-2-5-10-15)14-8-13-19-16(21)17(18)11-6-3-7-12-17/h2,4-5,9-10H,3,6-8,11-14,18H2,1H3,(H,19,21). The van der Waals surface area contributed by atoms with E-state index in [0.717, 1.165) is 38.6 Å². The summed E-state index contributed by atoms with van der Waals surface area (Å²) in [4.78, 5) is 14.4. The van der Waals surface area contributed by atoms with Crippen molar-refractivity contribution >= 4 is 11.6 Å². The van der Waals surface area contributed by atoms with E-state index in [2.05, 4.69) is 29.4 Å². The van der Waals surface area contributed by atoms with Gasteiger partial charge in [-0.15, -0.1) is 0 Å². The minimum atomic E-state index is -0.621. The van der Waals surface area contributed by atoms with Crippen molar-refractivity contribution in [2.75, 3.05) is 25.0 Å².